The molecule has 110 valence electrons. The lowest BCUT2D eigenvalue weighted by Crippen LogP contribution is -2.31. The van der Waals surface area contributed by atoms with E-state index >= 15 is 0 Å². The van der Waals surface area contributed by atoms with E-state index in [0.29, 0.717) is 24.3 Å². The Hall–Kier alpha value is -1.66. The second-order valence-electron chi connectivity index (χ2n) is 4.26. The molecule has 0 radical (unpaired) electrons. The Labute approximate surface area is 120 Å². The van der Waals surface area contributed by atoms with Gasteiger partial charge in [0.15, 0.2) is 0 Å². The quantitative estimate of drug-likeness (QED) is 0.818. The van der Waals surface area contributed by atoms with Crippen molar-refractivity contribution >= 4 is 21.6 Å². The number of amides is 1. The number of rotatable bonds is 6. The number of aryl methyl sites for hydroxylation is 1. The van der Waals surface area contributed by atoms with Crippen molar-refractivity contribution in [2.24, 2.45) is 0 Å². The largest absolute Gasteiger partial charge is 0.322 e. The fourth-order valence-electron chi connectivity index (χ4n) is 1.85. The molecule has 0 unspecified atom stereocenters. The molecule has 0 saturated carbocycles. The van der Waals surface area contributed by atoms with Crippen molar-refractivity contribution in [1.82, 2.24) is 4.31 Å². The highest BCUT2D eigenvalue weighted by Gasteiger charge is 2.23. The van der Waals surface area contributed by atoms with E-state index in [9.17, 15) is 13.2 Å². The standard InChI is InChI=1S/C14H20N2O3S/c1-5-14(17)15-12-9-8-11(4)13(10-12)20(18,19)16(6-2)7-3/h5,8-10H,1,6-7H2,2-4H3,(H,15,17). The molecule has 0 aliphatic heterocycles. The molecule has 20 heavy (non-hydrogen) atoms. The molecule has 0 bridgehead atoms. The van der Waals surface area contributed by atoms with Gasteiger partial charge in [-0.15, -0.1) is 0 Å². The maximum Gasteiger partial charge on any atom is 0.247 e. The third-order valence-corrected chi connectivity index (χ3v) is 5.16. The molecule has 1 aromatic carbocycles. The van der Waals surface area contributed by atoms with Crippen LogP contribution in [0.2, 0.25) is 0 Å². The highest BCUT2D eigenvalue weighted by atomic mass is 32.2. The van der Waals surface area contributed by atoms with E-state index in [1.54, 1.807) is 32.9 Å². The molecule has 1 rings (SSSR count). The summed E-state index contributed by atoms with van der Waals surface area (Å²) in [6.07, 6.45) is 1.14. The summed E-state index contributed by atoms with van der Waals surface area (Å²) in [7, 11) is -3.54. The number of carbonyl (C=O) groups excluding carboxylic acids is 1. The molecular formula is C14H20N2O3S. The summed E-state index contributed by atoms with van der Waals surface area (Å²) in [6.45, 7) is 9.48. The van der Waals surface area contributed by atoms with Crippen molar-refractivity contribution in [3.63, 3.8) is 0 Å². The average molecular weight is 296 g/mol. The molecular weight excluding hydrogens is 276 g/mol. The number of nitrogens with zero attached hydrogens (tertiary/aromatic N) is 1. The molecule has 0 spiro atoms. The van der Waals surface area contributed by atoms with Gasteiger partial charge in [0.05, 0.1) is 4.90 Å². The second-order valence-corrected chi connectivity index (χ2v) is 6.17. The van der Waals surface area contributed by atoms with E-state index in [0.717, 1.165) is 6.08 Å². The molecule has 0 aromatic heterocycles. The van der Waals surface area contributed by atoms with Crippen LogP contribution in [0.5, 0.6) is 0 Å². The molecule has 0 aliphatic rings. The van der Waals surface area contributed by atoms with E-state index in [1.807, 2.05) is 0 Å². The van der Waals surface area contributed by atoms with E-state index < -0.39 is 10.0 Å². The average Bonchev–Trinajstić information content (AvgIpc) is 2.41. The van der Waals surface area contributed by atoms with Gasteiger partial charge in [-0.3, -0.25) is 4.79 Å². The summed E-state index contributed by atoms with van der Waals surface area (Å²) in [6, 6.07) is 4.82. The van der Waals surface area contributed by atoms with Crippen LogP contribution in [0.3, 0.4) is 0 Å². The first-order chi connectivity index (χ1) is 9.36. The third-order valence-electron chi connectivity index (χ3n) is 2.96. The molecule has 0 atom stereocenters. The SMILES string of the molecule is C=CC(=O)Nc1ccc(C)c(S(=O)(=O)N(CC)CC)c1. The van der Waals surface area contributed by atoms with Gasteiger partial charge in [-0.2, -0.15) is 4.31 Å². The summed E-state index contributed by atoms with van der Waals surface area (Å²) in [4.78, 5) is 11.5. The molecule has 0 saturated heterocycles. The van der Waals surface area contributed by atoms with Gasteiger partial charge in [0, 0.05) is 18.8 Å². The topological polar surface area (TPSA) is 66.5 Å². The lowest BCUT2D eigenvalue weighted by molar-refractivity contribution is -0.111. The van der Waals surface area contributed by atoms with E-state index in [-0.39, 0.29) is 10.8 Å². The number of anilines is 1. The van der Waals surface area contributed by atoms with E-state index in [4.69, 9.17) is 0 Å². The van der Waals surface area contributed by atoms with Crippen LogP contribution < -0.4 is 5.32 Å². The van der Waals surface area contributed by atoms with Crippen molar-refractivity contribution < 1.29 is 13.2 Å². The minimum Gasteiger partial charge on any atom is -0.322 e. The monoisotopic (exact) mass is 296 g/mol. The Bertz CT molecular complexity index is 605. The zero-order valence-corrected chi connectivity index (χ0v) is 12.8. The molecule has 0 aliphatic carbocycles. The van der Waals surface area contributed by atoms with Gasteiger partial charge in [-0.25, -0.2) is 8.42 Å². The Balaban J connectivity index is 3.27. The number of nitrogens with one attached hydrogen (secondary N) is 1. The molecule has 0 fully saturated rings. The zero-order valence-electron chi connectivity index (χ0n) is 12.0. The number of hydrogen-bond acceptors (Lipinski definition) is 3. The predicted octanol–water partition coefficient (Wildman–Crippen LogP) is 2.15. The summed E-state index contributed by atoms with van der Waals surface area (Å²) < 4.78 is 26.4. The lowest BCUT2D eigenvalue weighted by Gasteiger charge is -2.20. The van der Waals surface area contributed by atoms with Gasteiger partial charge >= 0.3 is 0 Å². The predicted molar refractivity (Wildman–Crippen MR) is 80.1 cm³/mol. The van der Waals surface area contributed by atoms with Crippen molar-refractivity contribution in [3.8, 4) is 0 Å². The van der Waals surface area contributed by atoms with Crippen molar-refractivity contribution in [1.29, 1.82) is 0 Å². The maximum atomic E-state index is 12.5. The van der Waals surface area contributed by atoms with Crippen molar-refractivity contribution in [2.75, 3.05) is 18.4 Å². The minimum absolute atomic E-state index is 0.211. The van der Waals surface area contributed by atoms with Crippen molar-refractivity contribution in [3.05, 3.63) is 36.4 Å². The van der Waals surface area contributed by atoms with E-state index in [1.165, 1.54) is 10.4 Å². The van der Waals surface area contributed by atoms with Gasteiger partial charge in [-0.1, -0.05) is 26.5 Å². The Morgan fingerprint density at radius 3 is 2.45 bits per heavy atom. The number of benzene rings is 1. The Morgan fingerprint density at radius 1 is 1.35 bits per heavy atom. The molecule has 0 heterocycles. The molecule has 1 N–H and O–H groups in total. The zero-order chi connectivity index (χ0) is 15.3. The fraction of sp³-hybridized carbons (Fsp3) is 0.357. The van der Waals surface area contributed by atoms with Gasteiger partial charge in [0.2, 0.25) is 15.9 Å². The number of sulfonamides is 1. The Morgan fingerprint density at radius 2 is 1.95 bits per heavy atom. The smallest absolute Gasteiger partial charge is 0.247 e. The minimum atomic E-state index is -3.54. The normalized spacial score (nSPS) is 11.4. The van der Waals surface area contributed by atoms with Crippen LogP contribution in [0.15, 0.2) is 35.7 Å². The first-order valence-corrected chi connectivity index (χ1v) is 7.85. The molecule has 6 heteroatoms. The van der Waals surface area contributed by atoms with E-state index in [2.05, 4.69) is 11.9 Å². The molecule has 1 amide bonds. The van der Waals surface area contributed by atoms with Crippen LogP contribution >= 0.6 is 0 Å². The van der Waals surface area contributed by atoms with Crippen LogP contribution in [0.4, 0.5) is 5.69 Å². The maximum absolute atomic E-state index is 12.5. The first kappa shape index (κ1) is 16.4. The number of carbonyl (C=O) groups is 1. The van der Waals surface area contributed by atoms with Gasteiger partial charge in [0.25, 0.3) is 0 Å². The first-order valence-electron chi connectivity index (χ1n) is 6.41. The van der Waals surface area contributed by atoms with Crippen LogP contribution in [0.25, 0.3) is 0 Å². The van der Waals surface area contributed by atoms with Gasteiger partial charge < -0.3 is 5.32 Å². The Kier molecular flexibility index (Phi) is 5.47. The summed E-state index contributed by atoms with van der Waals surface area (Å²) in [5, 5.41) is 2.57. The molecule has 1 aromatic rings. The van der Waals surface area contributed by atoms with Crippen LogP contribution in [-0.4, -0.2) is 31.7 Å². The van der Waals surface area contributed by atoms with Gasteiger partial charge in [0.1, 0.15) is 0 Å². The van der Waals surface area contributed by atoms with Gasteiger partial charge in [-0.05, 0) is 30.7 Å². The van der Waals surface area contributed by atoms with Crippen LogP contribution in [0.1, 0.15) is 19.4 Å². The highest BCUT2D eigenvalue weighted by molar-refractivity contribution is 7.89. The molecule has 5 nitrogen and oxygen atoms in total. The summed E-state index contributed by atoms with van der Waals surface area (Å²) >= 11 is 0. The second kappa shape index (κ2) is 6.67. The van der Waals surface area contributed by atoms with Crippen LogP contribution in [-0.2, 0) is 14.8 Å². The fourth-order valence-corrected chi connectivity index (χ4v) is 3.56. The highest BCUT2D eigenvalue weighted by Crippen LogP contribution is 2.23. The summed E-state index contributed by atoms with van der Waals surface area (Å²) in [5.41, 5.74) is 1.08. The van der Waals surface area contributed by atoms with Crippen LogP contribution in [0, 0.1) is 6.92 Å². The van der Waals surface area contributed by atoms with Crippen molar-refractivity contribution in [2.45, 2.75) is 25.7 Å². The summed E-state index contributed by atoms with van der Waals surface area (Å²) in [5.74, 6) is -0.375. The third kappa shape index (κ3) is 3.46. The lowest BCUT2D eigenvalue weighted by atomic mass is 10.2. The number of hydrogen-bond donors (Lipinski definition) is 1.